The molecule has 1 atom stereocenters. The zero-order valence-corrected chi connectivity index (χ0v) is 15.2. The highest BCUT2D eigenvalue weighted by Crippen LogP contribution is 2.30. The Morgan fingerprint density at radius 3 is 2.82 bits per heavy atom. The van der Waals surface area contributed by atoms with Gasteiger partial charge in [0.15, 0.2) is 5.69 Å². The van der Waals surface area contributed by atoms with E-state index >= 15 is 0 Å². The van der Waals surface area contributed by atoms with Crippen LogP contribution in [0.1, 0.15) is 28.4 Å². The first kappa shape index (κ1) is 17.8. The molecule has 0 spiro atoms. The number of hydrogen-bond donors (Lipinski definition) is 2. The fraction of sp³-hybridized carbons (Fsp3) is 0.263. The molecular formula is C19H19N5O4. The topological polar surface area (TPSA) is 113 Å². The third kappa shape index (κ3) is 3.22. The Morgan fingerprint density at radius 2 is 2.11 bits per heavy atom. The fourth-order valence-corrected chi connectivity index (χ4v) is 3.42. The van der Waals surface area contributed by atoms with E-state index in [0.29, 0.717) is 30.6 Å². The summed E-state index contributed by atoms with van der Waals surface area (Å²) in [6, 6.07) is 10.1. The quantitative estimate of drug-likeness (QED) is 0.707. The van der Waals surface area contributed by atoms with Crippen molar-refractivity contribution in [1.29, 1.82) is 0 Å². The number of benzene rings is 1. The number of carbonyl (C=O) groups excluding carboxylic acids is 1. The molecule has 0 bridgehead atoms. The molecule has 0 aliphatic carbocycles. The van der Waals surface area contributed by atoms with Crippen LogP contribution in [0.2, 0.25) is 0 Å². The number of rotatable bonds is 4. The minimum Gasteiger partial charge on any atom is -0.501 e. The minimum absolute atomic E-state index is 0.304. The first-order valence-corrected chi connectivity index (χ1v) is 8.85. The van der Waals surface area contributed by atoms with Crippen molar-refractivity contribution in [3.05, 3.63) is 64.4 Å². The summed E-state index contributed by atoms with van der Waals surface area (Å²) in [5.74, 6) is -0.754. The van der Waals surface area contributed by atoms with Crippen molar-refractivity contribution in [2.45, 2.75) is 12.3 Å². The van der Waals surface area contributed by atoms with Crippen LogP contribution in [0.3, 0.4) is 0 Å². The molecule has 3 heterocycles. The lowest BCUT2D eigenvalue weighted by atomic mass is 9.99. The maximum atomic E-state index is 12.5. The Kier molecular flexibility index (Phi) is 4.56. The van der Waals surface area contributed by atoms with Gasteiger partial charge in [0.25, 0.3) is 11.5 Å². The van der Waals surface area contributed by atoms with E-state index in [2.05, 4.69) is 32.1 Å². The smallest absolute Gasteiger partial charge is 0.297 e. The van der Waals surface area contributed by atoms with Crippen molar-refractivity contribution in [1.82, 2.24) is 14.7 Å². The molecule has 144 valence electrons. The molecule has 2 N–H and O–H groups in total. The Bertz CT molecular complexity index is 1050. The maximum absolute atomic E-state index is 12.5. The highest BCUT2D eigenvalue weighted by molar-refractivity contribution is 6.04. The number of aromatic hydroxyl groups is 1. The number of nitrogens with zero attached hydrogens (tertiary/aromatic N) is 4. The van der Waals surface area contributed by atoms with Gasteiger partial charge in [-0.3, -0.25) is 14.2 Å². The first-order valence-electron chi connectivity index (χ1n) is 8.85. The van der Waals surface area contributed by atoms with E-state index in [4.69, 9.17) is 0 Å². The van der Waals surface area contributed by atoms with Crippen LogP contribution in [0.4, 0.5) is 11.6 Å². The monoisotopic (exact) mass is 381 g/mol. The summed E-state index contributed by atoms with van der Waals surface area (Å²) in [6.45, 7) is 1.36. The summed E-state index contributed by atoms with van der Waals surface area (Å²) in [7, 11) is 1.53. The van der Waals surface area contributed by atoms with Crippen molar-refractivity contribution in [2.75, 3.05) is 23.3 Å². The van der Waals surface area contributed by atoms with E-state index in [1.807, 2.05) is 23.1 Å². The van der Waals surface area contributed by atoms with Gasteiger partial charge in [-0.05, 0) is 12.0 Å². The predicted octanol–water partition coefficient (Wildman–Crippen LogP) is 1.72. The fourth-order valence-electron chi connectivity index (χ4n) is 3.42. The molecule has 1 aliphatic heterocycles. The summed E-state index contributed by atoms with van der Waals surface area (Å²) >= 11 is 0. The van der Waals surface area contributed by atoms with E-state index in [0.717, 1.165) is 6.42 Å². The van der Waals surface area contributed by atoms with Gasteiger partial charge in [0.05, 0.1) is 6.20 Å². The largest absolute Gasteiger partial charge is 0.501 e. The van der Waals surface area contributed by atoms with Gasteiger partial charge in [0.1, 0.15) is 12.0 Å². The SMILES string of the molecule is Cn1c(N2CC[C@@H](c3ccccc3)C2)nc(C(=O)Nc2cnoc2)c(O)c1=O. The highest BCUT2D eigenvalue weighted by Gasteiger charge is 2.29. The summed E-state index contributed by atoms with van der Waals surface area (Å²) < 4.78 is 5.92. The molecule has 1 aromatic carbocycles. The van der Waals surface area contributed by atoms with Crippen molar-refractivity contribution < 1.29 is 14.4 Å². The second-order valence-electron chi connectivity index (χ2n) is 6.68. The van der Waals surface area contributed by atoms with Gasteiger partial charge in [0, 0.05) is 26.1 Å². The number of aromatic nitrogens is 3. The lowest BCUT2D eigenvalue weighted by molar-refractivity contribution is 0.101. The Hall–Kier alpha value is -3.62. The molecule has 3 aromatic rings. The molecule has 0 unspecified atom stereocenters. The molecular weight excluding hydrogens is 362 g/mol. The number of anilines is 2. The van der Waals surface area contributed by atoms with Crippen LogP contribution in [-0.4, -0.2) is 38.8 Å². The molecule has 9 heteroatoms. The van der Waals surface area contributed by atoms with Crippen LogP contribution in [-0.2, 0) is 7.05 Å². The van der Waals surface area contributed by atoms with Gasteiger partial charge in [-0.2, -0.15) is 0 Å². The van der Waals surface area contributed by atoms with Gasteiger partial charge < -0.3 is 19.8 Å². The zero-order chi connectivity index (χ0) is 19.7. The second kappa shape index (κ2) is 7.18. The standard InChI is InChI=1S/C19H19N5O4/c1-23-18(27)16(25)15(17(26)21-14-9-20-28-11-14)22-19(23)24-8-7-13(10-24)12-5-3-2-4-6-12/h2-6,9,11,13,25H,7-8,10H2,1H3,(H,21,26)/t13-/m1/s1. The molecule has 0 radical (unpaired) electrons. The van der Waals surface area contributed by atoms with E-state index < -0.39 is 17.2 Å². The summed E-state index contributed by atoms with van der Waals surface area (Å²) in [5.41, 5.74) is 0.518. The van der Waals surface area contributed by atoms with Crippen molar-refractivity contribution in [3.63, 3.8) is 0 Å². The maximum Gasteiger partial charge on any atom is 0.297 e. The normalized spacial score (nSPS) is 16.3. The molecule has 28 heavy (non-hydrogen) atoms. The molecule has 1 fully saturated rings. The van der Waals surface area contributed by atoms with Gasteiger partial charge >= 0.3 is 0 Å². The van der Waals surface area contributed by atoms with Crippen molar-refractivity contribution in [2.24, 2.45) is 7.05 Å². The van der Waals surface area contributed by atoms with E-state index in [1.165, 1.54) is 29.6 Å². The molecule has 1 saturated heterocycles. The average molecular weight is 381 g/mol. The Balaban J connectivity index is 1.63. The Labute approximate surface area is 160 Å². The lowest BCUT2D eigenvalue weighted by Gasteiger charge is -2.21. The predicted molar refractivity (Wildman–Crippen MR) is 102 cm³/mol. The number of amides is 1. The summed E-state index contributed by atoms with van der Waals surface area (Å²) in [4.78, 5) is 31.2. The average Bonchev–Trinajstić information content (AvgIpc) is 3.39. The van der Waals surface area contributed by atoms with Gasteiger partial charge in [-0.15, -0.1) is 0 Å². The van der Waals surface area contributed by atoms with Gasteiger partial charge in [0.2, 0.25) is 11.7 Å². The molecule has 9 nitrogen and oxygen atoms in total. The van der Waals surface area contributed by atoms with Gasteiger partial charge in [-0.1, -0.05) is 35.5 Å². The molecule has 1 aliphatic rings. The van der Waals surface area contributed by atoms with E-state index in [-0.39, 0.29) is 5.69 Å². The number of carbonyl (C=O) groups is 1. The zero-order valence-electron chi connectivity index (χ0n) is 15.2. The molecule has 0 saturated carbocycles. The van der Waals surface area contributed by atoms with Crippen molar-refractivity contribution in [3.8, 4) is 5.75 Å². The van der Waals surface area contributed by atoms with Crippen LogP contribution < -0.4 is 15.8 Å². The Morgan fingerprint density at radius 1 is 1.32 bits per heavy atom. The molecule has 1 amide bonds. The van der Waals surface area contributed by atoms with Crippen LogP contribution in [0.5, 0.6) is 5.75 Å². The molecule has 4 rings (SSSR count). The van der Waals surface area contributed by atoms with Crippen LogP contribution >= 0.6 is 0 Å². The van der Waals surface area contributed by atoms with E-state index in [1.54, 1.807) is 0 Å². The second-order valence-corrected chi connectivity index (χ2v) is 6.68. The van der Waals surface area contributed by atoms with Crippen LogP contribution in [0.25, 0.3) is 0 Å². The minimum atomic E-state index is -0.710. The third-order valence-corrected chi connectivity index (χ3v) is 4.89. The first-order chi connectivity index (χ1) is 13.5. The van der Waals surface area contributed by atoms with E-state index in [9.17, 15) is 14.7 Å². The van der Waals surface area contributed by atoms with Crippen LogP contribution in [0.15, 0.2) is 52.1 Å². The summed E-state index contributed by atoms with van der Waals surface area (Å²) in [6.07, 6.45) is 3.45. The number of nitrogens with one attached hydrogen (secondary N) is 1. The number of hydrogen-bond acceptors (Lipinski definition) is 7. The van der Waals surface area contributed by atoms with Crippen molar-refractivity contribution >= 4 is 17.5 Å². The molecule has 2 aromatic heterocycles. The van der Waals surface area contributed by atoms with Gasteiger partial charge in [-0.25, -0.2) is 4.98 Å². The lowest BCUT2D eigenvalue weighted by Crippen LogP contribution is -2.32. The summed E-state index contributed by atoms with van der Waals surface area (Å²) in [5, 5.41) is 16.1. The third-order valence-electron chi connectivity index (χ3n) is 4.89. The van der Waals surface area contributed by atoms with Crippen LogP contribution in [0, 0.1) is 0 Å². The highest BCUT2D eigenvalue weighted by atomic mass is 16.5.